The van der Waals surface area contributed by atoms with Crippen LogP contribution in [0.25, 0.3) is 0 Å². The number of nitrogens with two attached hydrogens (primary N) is 1. The lowest BCUT2D eigenvalue weighted by Gasteiger charge is -2.49. The van der Waals surface area contributed by atoms with Crippen LogP contribution in [0.1, 0.15) is 43.4 Å². The average molecular weight is 362 g/mol. The van der Waals surface area contributed by atoms with Crippen LogP contribution in [0.4, 0.5) is 0 Å². The molecule has 5 nitrogen and oxygen atoms in total. The summed E-state index contributed by atoms with van der Waals surface area (Å²) in [6.07, 6.45) is 6.02. The van der Waals surface area contributed by atoms with E-state index in [1.807, 2.05) is 0 Å². The van der Waals surface area contributed by atoms with Gasteiger partial charge in [0.05, 0.1) is 5.41 Å². The van der Waals surface area contributed by atoms with Gasteiger partial charge in [-0.2, -0.15) is 0 Å². The van der Waals surface area contributed by atoms with E-state index in [1.165, 1.54) is 4.88 Å². The molecular weight excluding hydrogens is 334 g/mol. The van der Waals surface area contributed by atoms with Crippen molar-refractivity contribution in [2.75, 3.05) is 26.2 Å². The largest absolute Gasteiger partial charge is 0.369 e. The lowest BCUT2D eigenvalue weighted by Crippen LogP contribution is -2.65. The second-order valence-corrected chi connectivity index (χ2v) is 8.79. The Hall–Kier alpha value is -1.40. The standard InChI is InChI=1S/C19H27N3O2S/c20-17(23)14-5-9-21(10-6-14)15-12-22(13-15)18(24)19(7-1-2-8-19)16-4-3-11-25-16/h3-4,11,14-15H,1-2,5-10,12-13H2,(H2,20,23). The molecule has 6 heteroatoms. The summed E-state index contributed by atoms with van der Waals surface area (Å²) in [6.45, 7) is 3.53. The van der Waals surface area contributed by atoms with Crippen molar-refractivity contribution in [3.63, 3.8) is 0 Å². The molecule has 0 atom stereocenters. The third kappa shape index (κ3) is 2.99. The molecule has 2 amide bonds. The molecule has 0 unspecified atom stereocenters. The molecule has 2 aliphatic heterocycles. The van der Waals surface area contributed by atoms with E-state index < -0.39 is 0 Å². The van der Waals surface area contributed by atoms with Crippen molar-refractivity contribution in [1.82, 2.24) is 9.80 Å². The van der Waals surface area contributed by atoms with Gasteiger partial charge < -0.3 is 10.6 Å². The third-order valence-electron chi connectivity index (χ3n) is 6.46. The Morgan fingerprint density at radius 3 is 2.40 bits per heavy atom. The van der Waals surface area contributed by atoms with Crippen molar-refractivity contribution in [3.8, 4) is 0 Å². The molecule has 0 bridgehead atoms. The van der Waals surface area contributed by atoms with Gasteiger partial charge in [0.25, 0.3) is 0 Å². The lowest BCUT2D eigenvalue weighted by atomic mass is 9.81. The van der Waals surface area contributed by atoms with Gasteiger partial charge in [-0.05, 0) is 50.2 Å². The van der Waals surface area contributed by atoms with Crippen molar-refractivity contribution >= 4 is 23.2 Å². The molecule has 1 aliphatic carbocycles. The Kier molecular flexibility index (Phi) is 4.58. The van der Waals surface area contributed by atoms with E-state index in [1.54, 1.807) is 11.3 Å². The first-order valence-electron chi connectivity index (χ1n) is 9.47. The second kappa shape index (κ2) is 6.72. The molecule has 136 valence electrons. The highest BCUT2D eigenvalue weighted by Gasteiger charge is 2.49. The third-order valence-corrected chi connectivity index (χ3v) is 7.53. The van der Waals surface area contributed by atoms with E-state index in [9.17, 15) is 9.59 Å². The van der Waals surface area contributed by atoms with Crippen LogP contribution in [0.3, 0.4) is 0 Å². The highest BCUT2D eigenvalue weighted by Crippen LogP contribution is 2.45. The van der Waals surface area contributed by atoms with Crippen LogP contribution in [0.15, 0.2) is 17.5 Å². The van der Waals surface area contributed by atoms with Gasteiger partial charge in [-0.1, -0.05) is 18.9 Å². The van der Waals surface area contributed by atoms with E-state index in [0.717, 1.165) is 64.7 Å². The molecule has 1 aromatic rings. The molecule has 25 heavy (non-hydrogen) atoms. The fraction of sp³-hybridized carbons (Fsp3) is 0.684. The maximum absolute atomic E-state index is 13.3. The van der Waals surface area contributed by atoms with Gasteiger partial charge in [-0.3, -0.25) is 14.5 Å². The number of primary amides is 1. The number of carbonyl (C=O) groups is 2. The van der Waals surface area contributed by atoms with Crippen LogP contribution in [0, 0.1) is 5.92 Å². The zero-order valence-corrected chi connectivity index (χ0v) is 15.5. The summed E-state index contributed by atoms with van der Waals surface area (Å²) in [5.41, 5.74) is 5.17. The lowest BCUT2D eigenvalue weighted by molar-refractivity contribution is -0.145. The zero-order valence-electron chi connectivity index (χ0n) is 14.7. The number of carbonyl (C=O) groups excluding carboxylic acids is 2. The van der Waals surface area contributed by atoms with E-state index >= 15 is 0 Å². The molecule has 0 spiro atoms. The molecule has 3 aliphatic rings. The van der Waals surface area contributed by atoms with Crippen molar-refractivity contribution in [3.05, 3.63) is 22.4 Å². The van der Waals surface area contributed by atoms with Gasteiger partial charge >= 0.3 is 0 Å². The summed E-state index contributed by atoms with van der Waals surface area (Å²) in [5, 5.41) is 2.09. The first-order chi connectivity index (χ1) is 12.1. The average Bonchev–Trinajstić information content (AvgIpc) is 3.26. The molecule has 3 fully saturated rings. The highest BCUT2D eigenvalue weighted by molar-refractivity contribution is 7.10. The Morgan fingerprint density at radius 2 is 1.84 bits per heavy atom. The molecule has 0 radical (unpaired) electrons. The predicted octanol–water partition coefficient (Wildman–Crippen LogP) is 1.97. The summed E-state index contributed by atoms with van der Waals surface area (Å²) in [4.78, 5) is 30.3. The molecule has 1 aromatic heterocycles. The predicted molar refractivity (Wildman–Crippen MR) is 98.3 cm³/mol. The van der Waals surface area contributed by atoms with Gasteiger partial charge in [0.1, 0.15) is 0 Å². The monoisotopic (exact) mass is 361 g/mol. The summed E-state index contributed by atoms with van der Waals surface area (Å²) in [7, 11) is 0. The Balaban J connectivity index is 1.36. The minimum absolute atomic E-state index is 0.0367. The summed E-state index contributed by atoms with van der Waals surface area (Å²) < 4.78 is 0. The number of nitrogens with zero attached hydrogens (tertiary/aromatic N) is 2. The molecule has 2 saturated heterocycles. The van der Waals surface area contributed by atoms with Crippen molar-refractivity contribution in [2.24, 2.45) is 11.7 Å². The molecular formula is C19H27N3O2S. The quantitative estimate of drug-likeness (QED) is 0.892. The van der Waals surface area contributed by atoms with E-state index in [4.69, 9.17) is 5.73 Å². The fourth-order valence-corrected chi connectivity index (χ4v) is 5.78. The van der Waals surface area contributed by atoms with Gasteiger partial charge in [0.15, 0.2) is 0 Å². The minimum Gasteiger partial charge on any atom is -0.369 e. The fourth-order valence-electron chi connectivity index (χ4n) is 4.80. The normalized spacial score (nSPS) is 25.0. The smallest absolute Gasteiger partial charge is 0.234 e. The molecule has 1 saturated carbocycles. The summed E-state index contributed by atoms with van der Waals surface area (Å²) >= 11 is 1.73. The van der Waals surface area contributed by atoms with Crippen LogP contribution in [-0.4, -0.2) is 53.8 Å². The topological polar surface area (TPSA) is 66.6 Å². The number of rotatable bonds is 4. The highest BCUT2D eigenvalue weighted by atomic mass is 32.1. The van der Waals surface area contributed by atoms with Gasteiger partial charge in [0.2, 0.25) is 11.8 Å². The maximum Gasteiger partial charge on any atom is 0.234 e. The number of hydrogen-bond acceptors (Lipinski definition) is 4. The van der Waals surface area contributed by atoms with Crippen LogP contribution in [-0.2, 0) is 15.0 Å². The van der Waals surface area contributed by atoms with Gasteiger partial charge in [-0.25, -0.2) is 0 Å². The van der Waals surface area contributed by atoms with E-state index in [2.05, 4.69) is 27.3 Å². The first kappa shape index (κ1) is 17.0. The Morgan fingerprint density at radius 1 is 1.16 bits per heavy atom. The zero-order chi connectivity index (χ0) is 17.4. The van der Waals surface area contributed by atoms with Crippen LogP contribution in [0.2, 0.25) is 0 Å². The molecule has 0 aromatic carbocycles. The van der Waals surface area contributed by atoms with E-state index in [0.29, 0.717) is 11.9 Å². The van der Waals surface area contributed by atoms with Gasteiger partial charge in [0, 0.05) is 29.9 Å². The van der Waals surface area contributed by atoms with Crippen LogP contribution < -0.4 is 5.73 Å². The number of hydrogen-bond donors (Lipinski definition) is 1. The van der Waals surface area contributed by atoms with Crippen molar-refractivity contribution in [2.45, 2.75) is 50.0 Å². The van der Waals surface area contributed by atoms with Crippen LogP contribution in [0.5, 0.6) is 0 Å². The Bertz CT molecular complexity index is 625. The van der Waals surface area contributed by atoms with Gasteiger partial charge in [-0.15, -0.1) is 11.3 Å². The molecule has 4 rings (SSSR count). The number of thiophene rings is 1. The molecule has 2 N–H and O–H groups in total. The number of piperidine rings is 1. The second-order valence-electron chi connectivity index (χ2n) is 7.84. The first-order valence-corrected chi connectivity index (χ1v) is 10.3. The Labute approximate surface area is 153 Å². The van der Waals surface area contributed by atoms with Crippen molar-refractivity contribution < 1.29 is 9.59 Å². The summed E-state index contributed by atoms with van der Waals surface area (Å²) in [5.74, 6) is 0.217. The number of amides is 2. The van der Waals surface area contributed by atoms with Crippen LogP contribution >= 0.6 is 11.3 Å². The maximum atomic E-state index is 13.3. The SMILES string of the molecule is NC(=O)C1CCN(C2CN(C(=O)C3(c4cccs4)CCCC3)C2)CC1. The van der Waals surface area contributed by atoms with Crippen molar-refractivity contribution in [1.29, 1.82) is 0 Å². The number of likely N-dealkylation sites (tertiary alicyclic amines) is 2. The summed E-state index contributed by atoms with van der Waals surface area (Å²) in [6, 6.07) is 4.66. The minimum atomic E-state index is -0.252. The van der Waals surface area contributed by atoms with E-state index in [-0.39, 0.29) is 17.2 Å². The molecule has 3 heterocycles.